The highest BCUT2D eigenvalue weighted by molar-refractivity contribution is 5.87. The van der Waals surface area contributed by atoms with E-state index in [1.807, 2.05) is 0 Å². The Morgan fingerprint density at radius 3 is 2.45 bits per heavy atom. The summed E-state index contributed by atoms with van der Waals surface area (Å²) in [5, 5.41) is 22.7. The molecule has 5 rings (SSSR count). The Hall–Kier alpha value is -3.35. The van der Waals surface area contributed by atoms with Crippen LogP contribution in [0.4, 0.5) is 0 Å². The number of aliphatic hydroxyl groups is 1. The molecule has 3 aromatic rings. The highest BCUT2D eigenvalue weighted by atomic mass is 16.4. The lowest BCUT2D eigenvalue weighted by Crippen LogP contribution is -2.38. The Balaban J connectivity index is 0.000000217. The molecule has 0 saturated carbocycles. The first-order chi connectivity index (χ1) is 15.2. The monoisotopic (exact) mass is 417 g/mol. The molecule has 6 nitrogen and oxygen atoms in total. The van der Waals surface area contributed by atoms with Gasteiger partial charge in [0.25, 0.3) is 0 Å². The van der Waals surface area contributed by atoms with Crippen LogP contribution in [0.3, 0.4) is 0 Å². The summed E-state index contributed by atoms with van der Waals surface area (Å²) in [5.74, 6) is -0.637. The minimum atomic E-state index is -0.879. The van der Waals surface area contributed by atoms with E-state index in [1.165, 1.54) is 27.7 Å². The van der Waals surface area contributed by atoms with E-state index in [4.69, 9.17) is 5.11 Å². The molecule has 1 atom stereocenters. The number of fused-ring (bicyclic) bond motifs is 1. The molecule has 1 aliphatic carbocycles. The lowest BCUT2D eigenvalue weighted by molar-refractivity contribution is 0.0697. The topological polar surface area (TPSA) is 84.8 Å². The third-order valence-corrected chi connectivity index (χ3v) is 5.70. The number of allylic oxidation sites excluding steroid dienone is 1. The molecule has 3 aromatic carbocycles. The second kappa shape index (κ2) is 9.64. The smallest absolute Gasteiger partial charge is 0.335 e. The molecular formula is C25H27N3O3. The molecule has 2 aliphatic rings. The summed E-state index contributed by atoms with van der Waals surface area (Å²) in [7, 11) is 0. The Morgan fingerprint density at radius 2 is 1.74 bits per heavy atom. The highest BCUT2D eigenvalue weighted by Gasteiger charge is 2.31. The van der Waals surface area contributed by atoms with E-state index in [1.54, 1.807) is 30.3 Å². The molecule has 0 saturated heterocycles. The largest absolute Gasteiger partial charge is 0.478 e. The molecule has 0 spiro atoms. The van der Waals surface area contributed by atoms with Crippen LogP contribution in [-0.2, 0) is 6.54 Å². The number of benzene rings is 3. The van der Waals surface area contributed by atoms with Crippen LogP contribution >= 0.6 is 0 Å². The standard InChI is InChI=1S/C18H21N3O.C7H6O2/c22-12-16-6-3-7-17-18(16)21(20-19-17)11-13-8-9-14-4-1-2-5-15(14)10-13;8-7(9)6-4-2-1-3-5-6/h1-2,4-5,8-10,16,19-20,22H,3,6-7,11-12H2;1-5H,(H,8,9)/t16-;/m0./s1. The zero-order valence-corrected chi connectivity index (χ0v) is 17.3. The van der Waals surface area contributed by atoms with Gasteiger partial charge in [0.2, 0.25) is 0 Å². The lowest BCUT2D eigenvalue weighted by atomic mass is 9.90. The normalized spacial score (nSPS) is 17.6. The summed E-state index contributed by atoms with van der Waals surface area (Å²) in [6.07, 6.45) is 3.27. The molecule has 1 aliphatic heterocycles. The number of aromatic carboxylic acids is 1. The quantitative estimate of drug-likeness (QED) is 0.513. The van der Waals surface area contributed by atoms with Crippen molar-refractivity contribution < 1.29 is 15.0 Å². The number of carbonyl (C=O) groups is 1. The van der Waals surface area contributed by atoms with Gasteiger partial charge in [0, 0.05) is 11.6 Å². The fourth-order valence-electron chi connectivity index (χ4n) is 4.14. The predicted molar refractivity (Wildman–Crippen MR) is 121 cm³/mol. The fourth-order valence-corrected chi connectivity index (χ4v) is 4.14. The average Bonchev–Trinajstić information content (AvgIpc) is 3.23. The minimum Gasteiger partial charge on any atom is -0.478 e. The number of rotatable bonds is 4. The van der Waals surface area contributed by atoms with Crippen molar-refractivity contribution >= 4 is 16.7 Å². The number of carboxylic acids is 1. The van der Waals surface area contributed by atoms with Crippen LogP contribution in [0.15, 0.2) is 84.2 Å². The van der Waals surface area contributed by atoms with Crippen molar-refractivity contribution in [1.29, 1.82) is 0 Å². The van der Waals surface area contributed by atoms with E-state index >= 15 is 0 Å². The molecule has 31 heavy (non-hydrogen) atoms. The van der Waals surface area contributed by atoms with Crippen molar-refractivity contribution in [2.24, 2.45) is 5.92 Å². The van der Waals surface area contributed by atoms with E-state index in [0.29, 0.717) is 5.56 Å². The van der Waals surface area contributed by atoms with Crippen LogP contribution in [0.2, 0.25) is 0 Å². The zero-order valence-electron chi connectivity index (χ0n) is 17.3. The molecule has 6 heteroatoms. The molecule has 0 amide bonds. The van der Waals surface area contributed by atoms with Gasteiger partial charge in [0.05, 0.1) is 24.4 Å². The maximum atomic E-state index is 10.2. The summed E-state index contributed by atoms with van der Waals surface area (Å²) >= 11 is 0. The van der Waals surface area contributed by atoms with Crippen LogP contribution in [0, 0.1) is 5.92 Å². The Labute approximate surface area is 181 Å². The van der Waals surface area contributed by atoms with E-state index < -0.39 is 5.97 Å². The SMILES string of the molecule is O=C(O)c1ccccc1.OC[C@@H]1CCCC2=C1N(Cc1ccc3ccccc3c1)NN2. The van der Waals surface area contributed by atoms with Crippen LogP contribution in [-0.4, -0.2) is 27.8 Å². The first-order valence-corrected chi connectivity index (χ1v) is 10.5. The third-order valence-electron chi connectivity index (χ3n) is 5.70. The van der Waals surface area contributed by atoms with Gasteiger partial charge in [0.1, 0.15) is 0 Å². The summed E-state index contributed by atoms with van der Waals surface area (Å²) in [6, 6.07) is 23.3. The molecule has 0 aromatic heterocycles. The number of hydrogen-bond acceptors (Lipinski definition) is 5. The van der Waals surface area contributed by atoms with Crippen molar-refractivity contribution in [2.45, 2.75) is 25.8 Å². The number of nitrogens with zero attached hydrogens (tertiary/aromatic N) is 1. The first kappa shape index (κ1) is 20.9. The Morgan fingerprint density at radius 1 is 1.00 bits per heavy atom. The Bertz CT molecular complexity index is 1080. The average molecular weight is 418 g/mol. The van der Waals surface area contributed by atoms with Crippen molar-refractivity contribution in [2.75, 3.05) is 6.61 Å². The van der Waals surface area contributed by atoms with Crippen molar-refractivity contribution in [1.82, 2.24) is 16.0 Å². The fraction of sp³-hybridized carbons (Fsp3) is 0.240. The number of aliphatic hydroxyl groups excluding tert-OH is 1. The molecule has 0 bridgehead atoms. The molecule has 0 radical (unpaired) electrons. The molecule has 0 fully saturated rings. The van der Waals surface area contributed by atoms with Crippen LogP contribution in [0.25, 0.3) is 10.8 Å². The van der Waals surface area contributed by atoms with Gasteiger partial charge in [0.15, 0.2) is 0 Å². The summed E-state index contributed by atoms with van der Waals surface area (Å²) < 4.78 is 0. The van der Waals surface area contributed by atoms with Gasteiger partial charge in [-0.05, 0) is 53.8 Å². The van der Waals surface area contributed by atoms with Crippen molar-refractivity contribution in [3.05, 3.63) is 95.3 Å². The maximum absolute atomic E-state index is 10.2. The Kier molecular flexibility index (Phi) is 6.50. The van der Waals surface area contributed by atoms with Gasteiger partial charge in [-0.3, -0.25) is 5.01 Å². The van der Waals surface area contributed by atoms with E-state index in [2.05, 4.69) is 58.4 Å². The van der Waals surface area contributed by atoms with Gasteiger partial charge in [-0.1, -0.05) is 54.6 Å². The summed E-state index contributed by atoms with van der Waals surface area (Å²) in [5.41, 5.74) is 10.6. The van der Waals surface area contributed by atoms with Gasteiger partial charge >= 0.3 is 5.97 Å². The van der Waals surface area contributed by atoms with Gasteiger partial charge in [-0.25, -0.2) is 4.79 Å². The molecule has 160 valence electrons. The molecule has 0 unspecified atom stereocenters. The molecule has 4 N–H and O–H groups in total. The van der Waals surface area contributed by atoms with Gasteiger partial charge < -0.3 is 15.6 Å². The minimum absolute atomic E-state index is 0.219. The second-order valence-electron chi connectivity index (χ2n) is 7.81. The van der Waals surface area contributed by atoms with E-state index in [9.17, 15) is 9.90 Å². The summed E-state index contributed by atoms with van der Waals surface area (Å²) in [4.78, 5) is 10.2. The number of hydrazine groups is 2. The first-order valence-electron chi connectivity index (χ1n) is 10.5. The van der Waals surface area contributed by atoms with E-state index in [0.717, 1.165) is 25.8 Å². The number of carboxylic acid groups (broad SMARTS) is 1. The molecular weight excluding hydrogens is 390 g/mol. The van der Waals surface area contributed by atoms with Gasteiger partial charge in [-0.2, -0.15) is 0 Å². The highest BCUT2D eigenvalue weighted by Crippen LogP contribution is 2.33. The maximum Gasteiger partial charge on any atom is 0.335 e. The second-order valence-corrected chi connectivity index (χ2v) is 7.81. The van der Waals surface area contributed by atoms with Crippen molar-refractivity contribution in [3.8, 4) is 0 Å². The third kappa shape index (κ3) is 4.87. The van der Waals surface area contributed by atoms with Crippen LogP contribution in [0.1, 0.15) is 35.2 Å². The molecule has 1 heterocycles. The summed E-state index contributed by atoms with van der Waals surface area (Å²) in [6.45, 7) is 1.02. The van der Waals surface area contributed by atoms with Crippen molar-refractivity contribution in [3.63, 3.8) is 0 Å². The van der Waals surface area contributed by atoms with E-state index in [-0.39, 0.29) is 12.5 Å². The lowest BCUT2D eigenvalue weighted by Gasteiger charge is -2.28. The van der Waals surface area contributed by atoms with Crippen LogP contribution in [0.5, 0.6) is 0 Å². The zero-order chi connectivity index (χ0) is 21.6. The number of hydrogen-bond donors (Lipinski definition) is 4. The number of nitrogens with one attached hydrogen (secondary N) is 2. The van der Waals surface area contributed by atoms with Crippen LogP contribution < -0.4 is 11.0 Å². The van der Waals surface area contributed by atoms with Gasteiger partial charge in [-0.15, -0.1) is 5.53 Å². The predicted octanol–water partition coefficient (Wildman–Crippen LogP) is 4.05.